The minimum atomic E-state index is 0.878. The maximum absolute atomic E-state index is 4.34. The van der Waals surface area contributed by atoms with E-state index in [0.717, 1.165) is 17.8 Å². The molecule has 0 N–H and O–H groups in total. The van der Waals surface area contributed by atoms with Crippen molar-refractivity contribution in [1.29, 1.82) is 0 Å². The molecule has 0 heterocycles. The van der Waals surface area contributed by atoms with Crippen molar-refractivity contribution in [2.45, 2.75) is 91.4 Å². The summed E-state index contributed by atoms with van der Waals surface area (Å²) in [6.45, 7) is 15.5. The highest BCUT2D eigenvalue weighted by Crippen LogP contribution is 2.42. The summed E-state index contributed by atoms with van der Waals surface area (Å²) in [6, 6.07) is 0. The molecule has 0 amide bonds. The first-order valence-corrected chi connectivity index (χ1v) is 9.43. The van der Waals surface area contributed by atoms with E-state index < -0.39 is 0 Å². The van der Waals surface area contributed by atoms with Gasteiger partial charge in [0.15, 0.2) is 0 Å². The van der Waals surface area contributed by atoms with Crippen molar-refractivity contribution in [2.75, 3.05) is 0 Å². The van der Waals surface area contributed by atoms with Gasteiger partial charge in [0.05, 0.1) is 0 Å². The molecule has 3 atom stereocenters. The minimum absolute atomic E-state index is 0.878. The van der Waals surface area contributed by atoms with Crippen molar-refractivity contribution in [2.24, 2.45) is 17.8 Å². The Morgan fingerprint density at radius 1 is 0.810 bits per heavy atom. The van der Waals surface area contributed by atoms with Crippen LogP contribution in [-0.4, -0.2) is 0 Å². The molecule has 0 bridgehead atoms. The van der Waals surface area contributed by atoms with Gasteiger partial charge in [0, 0.05) is 0 Å². The molecule has 0 aromatic rings. The predicted molar refractivity (Wildman–Crippen MR) is 96.6 cm³/mol. The summed E-state index contributed by atoms with van der Waals surface area (Å²) in [5, 5.41) is 0. The molecule has 0 nitrogen and oxygen atoms in total. The zero-order valence-corrected chi connectivity index (χ0v) is 14.9. The Morgan fingerprint density at radius 3 is 1.90 bits per heavy atom. The lowest BCUT2D eigenvalue weighted by Gasteiger charge is -2.37. The molecule has 1 fully saturated rings. The molecule has 0 radical (unpaired) electrons. The van der Waals surface area contributed by atoms with Gasteiger partial charge >= 0.3 is 0 Å². The van der Waals surface area contributed by atoms with Crippen LogP contribution in [-0.2, 0) is 0 Å². The van der Waals surface area contributed by atoms with Gasteiger partial charge in [0.1, 0.15) is 0 Å². The fraction of sp³-hybridized carbons (Fsp3) is 0.810. The summed E-state index contributed by atoms with van der Waals surface area (Å²) >= 11 is 0. The molecular formula is C21H38. The average Bonchev–Trinajstić information content (AvgIpc) is 2.42. The molecule has 0 spiro atoms. The second-order valence-corrected chi connectivity index (χ2v) is 7.40. The third-order valence-electron chi connectivity index (χ3n) is 5.25. The van der Waals surface area contributed by atoms with Crippen LogP contribution >= 0.6 is 0 Å². The molecule has 122 valence electrons. The monoisotopic (exact) mass is 290 g/mol. The quantitative estimate of drug-likeness (QED) is 0.370. The lowest BCUT2D eigenvalue weighted by molar-refractivity contribution is 0.168. The summed E-state index contributed by atoms with van der Waals surface area (Å²) in [5.74, 6) is 2.74. The highest BCUT2D eigenvalue weighted by Gasteiger charge is 2.30. The zero-order valence-electron chi connectivity index (χ0n) is 14.9. The summed E-state index contributed by atoms with van der Waals surface area (Å²) in [6.07, 6.45) is 14.6. The Kier molecular flexibility index (Phi) is 9.04. The predicted octanol–water partition coefficient (Wildman–Crippen LogP) is 7.31. The molecule has 0 aliphatic heterocycles. The third-order valence-corrected chi connectivity index (χ3v) is 5.25. The molecule has 0 heteroatoms. The van der Waals surface area contributed by atoms with Crippen LogP contribution in [0.3, 0.4) is 0 Å². The topological polar surface area (TPSA) is 0 Å². The van der Waals surface area contributed by atoms with E-state index in [4.69, 9.17) is 0 Å². The van der Waals surface area contributed by atoms with Crippen LogP contribution < -0.4 is 0 Å². The highest BCUT2D eigenvalue weighted by molar-refractivity contribution is 5.02. The normalized spacial score (nSPS) is 25.8. The second-order valence-electron chi connectivity index (χ2n) is 7.40. The van der Waals surface area contributed by atoms with Crippen molar-refractivity contribution in [3.8, 4) is 0 Å². The van der Waals surface area contributed by atoms with Crippen LogP contribution in [0.2, 0.25) is 0 Å². The molecule has 1 rings (SSSR count). The summed E-state index contributed by atoms with van der Waals surface area (Å²) < 4.78 is 0. The Labute approximate surface area is 134 Å². The van der Waals surface area contributed by atoms with E-state index >= 15 is 0 Å². The highest BCUT2D eigenvalue weighted by atomic mass is 14.4. The molecule has 0 saturated heterocycles. The van der Waals surface area contributed by atoms with Crippen LogP contribution in [0.4, 0.5) is 0 Å². The molecule has 1 aliphatic rings. The van der Waals surface area contributed by atoms with E-state index in [9.17, 15) is 0 Å². The van der Waals surface area contributed by atoms with Crippen molar-refractivity contribution < 1.29 is 0 Å². The van der Waals surface area contributed by atoms with Gasteiger partial charge in [-0.2, -0.15) is 0 Å². The van der Waals surface area contributed by atoms with Gasteiger partial charge in [0.25, 0.3) is 0 Å². The van der Waals surface area contributed by atoms with Crippen molar-refractivity contribution >= 4 is 0 Å². The molecular weight excluding hydrogens is 252 g/mol. The fourth-order valence-corrected chi connectivity index (χ4v) is 4.27. The maximum atomic E-state index is 4.34. The number of hydrogen-bond donors (Lipinski definition) is 0. The number of allylic oxidation sites excluding steroid dienone is 2. The van der Waals surface area contributed by atoms with Gasteiger partial charge in [0.2, 0.25) is 0 Å². The lowest BCUT2D eigenvalue weighted by atomic mass is 9.68. The van der Waals surface area contributed by atoms with Crippen molar-refractivity contribution in [3.63, 3.8) is 0 Å². The van der Waals surface area contributed by atoms with Crippen LogP contribution in [0, 0.1) is 17.8 Å². The summed E-state index contributed by atoms with van der Waals surface area (Å²) in [4.78, 5) is 0. The van der Waals surface area contributed by atoms with Crippen molar-refractivity contribution in [3.05, 3.63) is 24.3 Å². The van der Waals surface area contributed by atoms with Crippen LogP contribution in [0.5, 0.6) is 0 Å². The number of hydrogen-bond acceptors (Lipinski definition) is 0. The fourth-order valence-electron chi connectivity index (χ4n) is 4.27. The average molecular weight is 291 g/mol. The molecule has 1 saturated carbocycles. The first-order valence-electron chi connectivity index (χ1n) is 9.43. The standard InChI is InChI=1S/C21H38/c1-6-9-17(4)14-20-13-12-19(11-8-3)16-21(20)15-18(5)10-7-2/h19-21H,4-16H2,1-3H3. The van der Waals surface area contributed by atoms with Crippen molar-refractivity contribution in [1.82, 2.24) is 0 Å². The smallest absolute Gasteiger partial charge is 0.0292 e. The van der Waals surface area contributed by atoms with Gasteiger partial charge in [-0.25, -0.2) is 0 Å². The summed E-state index contributed by atoms with van der Waals surface area (Å²) in [7, 11) is 0. The van der Waals surface area contributed by atoms with Gasteiger partial charge in [-0.3, -0.25) is 0 Å². The van der Waals surface area contributed by atoms with E-state index in [0.29, 0.717) is 0 Å². The van der Waals surface area contributed by atoms with Gasteiger partial charge in [-0.1, -0.05) is 77.2 Å². The molecule has 0 aromatic carbocycles. The Bertz CT molecular complexity index is 312. The first-order chi connectivity index (χ1) is 10.1. The first kappa shape index (κ1) is 18.5. The lowest BCUT2D eigenvalue weighted by Crippen LogP contribution is -2.26. The van der Waals surface area contributed by atoms with Gasteiger partial charge in [-0.05, 0) is 56.3 Å². The van der Waals surface area contributed by atoms with Gasteiger partial charge < -0.3 is 0 Å². The van der Waals surface area contributed by atoms with Crippen LogP contribution in [0.1, 0.15) is 91.4 Å². The molecule has 0 aromatic heterocycles. The Morgan fingerprint density at radius 2 is 1.38 bits per heavy atom. The Hall–Kier alpha value is -0.520. The third kappa shape index (κ3) is 6.85. The molecule has 21 heavy (non-hydrogen) atoms. The SMILES string of the molecule is C=C(CCC)CC1CCC(CCC)CC1CC(=C)CCC. The number of rotatable bonds is 10. The van der Waals surface area contributed by atoms with E-state index in [2.05, 4.69) is 33.9 Å². The molecule has 3 unspecified atom stereocenters. The van der Waals surface area contributed by atoms with E-state index in [-0.39, 0.29) is 0 Å². The van der Waals surface area contributed by atoms with E-state index in [1.165, 1.54) is 81.8 Å². The zero-order chi connectivity index (χ0) is 15.7. The Balaban J connectivity index is 2.60. The largest absolute Gasteiger partial charge is 0.0999 e. The van der Waals surface area contributed by atoms with E-state index in [1.54, 1.807) is 0 Å². The van der Waals surface area contributed by atoms with Crippen LogP contribution in [0.25, 0.3) is 0 Å². The van der Waals surface area contributed by atoms with E-state index in [1.807, 2.05) is 0 Å². The van der Waals surface area contributed by atoms with Gasteiger partial charge in [-0.15, -0.1) is 0 Å². The summed E-state index contributed by atoms with van der Waals surface area (Å²) in [5.41, 5.74) is 2.98. The molecule has 1 aliphatic carbocycles. The maximum Gasteiger partial charge on any atom is -0.0292 e. The minimum Gasteiger partial charge on any atom is -0.0999 e. The van der Waals surface area contributed by atoms with Crippen LogP contribution in [0.15, 0.2) is 24.3 Å². The second kappa shape index (κ2) is 10.2.